The topological polar surface area (TPSA) is 73.7 Å². The number of rotatable bonds is 7. The van der Waals surface area contributed by atoms with E-state index >= 15 is 0 Å². The van der Waals surface area contributed by atoms with Gasteiger partial charge in [-0.15, -0.1) is 0 Å². The number of sulfonamides is 1. The van der Waals surface area contributed by atoms with Crippen LogP contribution in [0.5, 0.6) is 5.75 Å². The zero-order valence-corrected chi connectivity index (χ0v) is 17.0. The molecule has 2 heterocycles. The van der Waals surface area contributed by atoms with E-state index in [1.807, 2.05) is 38.1 Å². The van der Waals surface area contributed by atoms with Crippen LogP contribution in [0.2, 0.25) is 0 Å². The van der Waals surface area contributed by atoms with Crippen LogP contribution >= 0.6 is 0 Å². The molecule has 0 amide bonds. The predicted molar refractivity (Wildman–Crippen MR) is 103 cm³/mol. The average Bonchev–Trinajstić information content (AvgIpc) is 2.93. The smallest absolute Gasteiger partial charge is 0.246 e. The fourth-order valence-corrected chi connectivity index (χ4v) is 5.08. The van der Waals surface area contributed by atoms with Crippen molar-refractivity contribution < 1.29 is 17.9 Å². The maximum absolute atomic E-state index is 13.0. The van der Waals surface area contributed by atoms with Gasteiger partial charge >= 0.3 is 0 Å². The average molecular weight is 394 g/mol. The third-order valence-corrected chi connectivity index (χ3v) is 6.81. The van der Waals surface area contributed by atoms with Crippen LogP contribution in [0.1, 0.15) is 23.4 Å². The van der Waals surface area contributed by atoms with Crippen LogP contribution in [0.25, 0.3) is 0 Å². The second-order valence-corrected chi connectivity index (χ2v) is 8.63. The normalized spacial score (nSPS) is 15.8. The van der Waals surface area contributed by atoms with Crippen LogP contribution in [0.3, 0.4) is 0 Å². The van der Waals surface area contributed by atoms with Crippen LogP contribution in [-0.2, 0) is 21.3 Å². The third-order valence-electron chi connectivity index (χ3n) is 4.66. The molecular weight excluding hydrogens is 366 g/mol. The number of aromatic nitrogens is 2. The summed E-state index contributed by atoms with van der Waals surface area (Å²) < 4.78 is 40.2. The van der Waals surface area contributed by atoms with Gasteiger partial charge < -0.3 is 9.47 Å². The van der Waals surface area contributed by atoms with E-state index in [1.54, 1.807) is 11.6 Å². The van der Waals surface area contributed by atoms with E-state index in [0.717, 1.165) is 17.7 Å². The number of nitrogens with zero attached hydrogens (tertiary/aromatic N) is 3. The second-order valence-electron chi connectivity index (χ2n) is 6.76. The van der Waals surface area contributed by atoms with Gasteiger partial charge in [-0.25, -0.2) is 8.42 Å². The fraction of sp³-hybridized carbons (Fsp3) is 0.526. The minimum atomic E-state index is -3.54. The van der Waals surface area contributed by atoms with Gasteiger partial charge in [0.05, 0.1) is 31.2 Å². The van der Waals surface area contributed by atoms with Gasteiger partial charge in [-0.1, -0.05) is 12.1 Å². The van der Waals surface area contributed by atoms with Gasteiger partial charge in [-0.3, -0.25) is 4.68 Å². The van der Waals surface area contributed by atoms with E-state index in [1.165, 1.54) is 4.31 Å². The van der Waals surface area contributed by atoms with Gasteiger partial charge in [0.25, 0.3) is 0 Å². The molecule has 0 unspecified atom stereocenters. The van der Waals surface area contributed by atoms with Crippen LogP contribution < -0.4 is 4.74 Å². The van der Waals surface area contributed by atoms with E-state index < -0.39 is 10.0 Å². The Bertz CT molecular complexity index is 886. The summed E-state index contributed by atoms with van der Waals surface area (Å²) in [6, 6.07) is 7.92. The monoisotopic (exact) mass is 393 g/mol. The highest BCUT2D eigenvalue weighted by molar-refractivity contribution is 7.89. The third kappa shape index (κ3) is 4.51. The molecular formula is C19H27N3O4S. The Morgan fingerprint density at radius 1 is 1.19 bits per heavy atom. The summed E-state index contributed by atoms with van der Waals surface area (Å²) in [5.74, 6) is 0.846. The Hall–Kier alpha value is -1.90. The van der Waals surface area contributed by atoms with Crippen molar-refractivity contribution in [2.24, 2.45) is 0 Å². The summed E-state index contributed by atoms with van der Waals surface area (Å²) in [4.78, 5) is 0.323. The summed E-state index contributed by atoms with van der Waals surface area (Å²) >= 11 is 0. The molecule has 7 nitrogen and oxygen atoms in total. The summed E-state index contributed by atoms with van der Waals surface area (Å²) in [5.41, 5.74) is 2.37. The second kappa shape index (κ2) is 8.41. The number of morpholine rings is 1. The quantitative estimate of drug-likeness (QED) is 0.675. The molecule has 8 heteroatoms. The summed E-state index contributed by atoms with van der Waals surface area (Å²) in [7, 11) is -3.54. The van der Waals surface area contributed by atoms with E-state index in [0.29, 0.717) is 55.7 Å². The van der Waals surface area contributed by atoms with E-state index in [2.05, 4.69) is 5.10 Å². The van der Waals surface area contributed by atoms with Crippen LogP contribution in [0, 0.1) is 20.8 Å². The lowest BCUT2D eigenvalue weighted by atomic mass is 10.2. The molecule has 1 aliphatic rings. The lowest BCUT2D eigenvalue weighted by Crippen LogP contribution is -2.41. The van der Waals surface area contributed by atoms with Gasteiger partial charge in [0.2, 0.25) is 10.0 Å². The SMILES string of the molecule is Cc1cccc(OCCCn2nc(C)c(S(=O)(=O)N3CCOCC3)c2C)c1. The molecule has 0 radical (unpaired) electrons. The molecule has 1 aliphatic heterocycles. The molecule has 0 N–H and O–H groups in total. The maximum Gasteiger partial charge on any atom is 0.246 e. The lowest BCUT2D eigenvalue weighted by Gasteiger charge is -2.26. The number of ether oxygens (including phenoxy) is 2. The highest BCUT2D eigenvalue weighted by atomic mass is 32.2. The largest absolute Gasteiger partial charge is 0.494 e. The molecule has 0 bridgehead atoms. The first kappa shape index (κ1) is 19.9. The van der Waals surface area contributed by atoms with E-state index in [9.17, 15) is 8.42 Å². The molecule has 27 heavy (non-hydrogen) atoms. The summed E-state index contributed by atoms with van der Waals surface area (Å²) in [6.07, 6.45) is 0.743. The van der Waals surface area contributed by atoms with Gasteiger partial charge in [-0.2, -0.15) is 9.40 Å². The first-order valence-electron chi connectivity index (χ1n) is 9.21. The minimum absolute atomic E-state index is 0.323. The van der Waals surface area contributed by atoms with Crippen LogP contribution in [0.15, 0.2) is 29.2 Å². The zero-order valence-electron chi connectivity index (χ0n) is 16.1. The summed E-state index contributed by atoms with van der Waals surface area (Å²) in [6.45, 7) is 8.38. The van der Waals surface area contributed by atoms with Crippen molar-refractivity contribution in [2.45, 2.75) is 38.6 Å². The van der Waals surface area contributed by atoms with Gasteiger partial charge in [0, 0.05) is 26.1 Å². The highest BCUT2D eigenvalue weighted by Gasteiger charge is 2.31. The molecule has 0 aliphatic carbocycles. The Kier molecular flexibility index (Phi) is 6.18. The Morgan fingerprint density at radius 2 is 1.93 bits per heavy atom. The molecule has 2 aromatic rings. The Labute approximate surface area is 160 Å². The van der Waals surface area contributed by atoms with Gasteiger partial charge in [-0.05, 0) is 38.5 Å². The van der Waals surface area contributed by atoms with Crippen molar-refractivity contribution >= 4 is 10.0 Å². The molecule has 0 saturated carbocycles. The fourth-order valence-electron chi connectivity index (χ4n) is 3.30. The van der Waals surface area contributed by atoms with Crippen molar-refractivity contribution in [3.05, 3.63) is 41.2 Å². The number of benzene rings is 1. The standard InChI is InChI=1S/C19H27N3O4S/c1-15-6-4-7-18(14-15)26-11-5-8-22-17(3)19(16(2)20-22)27(23,24)21-9-12-25-13-10-21/h4,6-7,14H,5,8-13H2,1-3H3. The van der Waals surface area contributed by atoms with Gasteiger partial charge in [0.1, 0.15) is 10.6 Å². The van der Waals surface area contributed by atoms with Crippen molar-refractivity contribution in [2.75, 3.05) is 32.9 Å². The lowest BCUT2D eigenvalue weighted by molar-refractivity contribution is 0.0730. The minimum Gasteiger partial charge on any atom is -0.494 e. The van der Waals surface area contributed by atoms with Crippen LogP contribution in [0.4, 0.5) is 0 Å². The van der Waals surface area contributed by atoms with Gasteiger partial charge in [0.15, 0.2) is 0 Å². The summed E-state index contributed by atoms with van der Waals surface area (Å²) in [5, 5.41) is 4.45. The molecule has 0 atom stereocenters. The molecule has 1 saturated heterocycles. The molecule has 1 aromatic heterocycles. The first-order valence-corrected chi connectivity index (χ1v) is 10.6. The molecule has 1 aromatic carbocycles. The van der Waals surface area contributed by atoms with E-state index in [4.69, 9.17) is 9.47 Å². The van der Waals surface area contributed by atoms with Crippen molar-refractivity contribution in [1.29, 1.82) is 0 Å². The Morgan fingerprint density at radius 3 is 2.63 bits per heavy atom. The molecule has 148 valence electrons. The van der Waals surface area contributed by atoms with Crippen molar-refractivity contribution in [1.82, 2.24) is 14.1 Å². The van der Waals surface area contributed by atoms with Crippen LogP contribution in [-0.4, -0.2) is 55.4 Å². The van der Waals surface area contributed by atoms with Crippen molar-refractivity contribution in [3.8, 4) is 5.75 Å². The van der Waals surface area contributed by atoms with Crippen molar-refractivity contribution in [3.63, 3.8) is 0 Å². The van der Waals surface area contributed by atoms with E-state index in [-0.39, 0.29) is 0 Å². The molecule has 0 spiro atoms. The first-order chi connectivity index (χ1) is 12.9. The Balaban J connectivity index is 1.65. The molecule has 3 rings (SSSR count). The number of hydrogen-bond donors (Lipinski definition) is 0. The highest BCUT2D eigenvalue weighted by Crippen LogP contribution is 2.24. The maximum atomic E-state index is 13.0. The number of aryl methyl sites for hydroxylation is 3. The predicted octanol–water partition coefficient (Wildman–Crippen LogP) is 2.30. The molecule has 1 fully saturated rings. The zero-order chi connectivity index (χ0) is 19.4. The number of hydrogen-bond acceptors (Lipinski definition) is 5.